The Kier molecular flexibility index (Phi) is 7.11. The molecule has 0 spiro atoms. The highest BCUT2D eigenvalue weighted by atomic mass is 16.5. The Balaban J connectivity index is 2.11. The molecule has 0 fully saturated rings. The minimum Gasteiger partial charge on any atom is -0.462 e. The number of aryl methyl sites for hydroxylation is 1. The predicted octanol–water partition coefficient (Wildman–Crippen LogP) is 2.95. The number of amides is 2. The van der Waals surface area contributed by atoms with E-state index in [9.17, 15) is 14.4 Å². The van der Waals surface area contributed by atoms with E-state index in [4.69, 9.17) is 4.74 Å². The minimum atomic E-state index is -0.483. The standard InChI is InChI=1S/C21H24N2O4/c1-4-27-21(26)18-11-7-8-12-19(18)23(16(3)24)14-13-22-20(25)17-10-6-5-9-15(17)2/h5-12H,4,13-14H2,1-3H3,(H,22,25). The van der Waals surface area contributed by atoms with Crippen LogP contribution in [0.5, 0.6) is 0 Å². The topological polar surface area (TPSA) is 75.7 Å². The minimum absolute atomic E-state index is 0.199. The van der Waals surface area contributed by atoms with Gasteiger partial charge >= 0.3 is 5.97 Å². The lowest BCUT2D eigenvalue weighted by Gasteiger charge is -2.23. The van der Waals surface area contributed by atoms with Crippen molar-refractivity contribution in [1.29, 1.82) is 0 Å². The van der Waals surface area contributed by atoms with Crippen LogP contribution in [0.3, 0.4) is 0 Å². The van der Waals surface area contributed by atoms with Crippen LogP contribution in [0.2, 0.25) is 0 Å². The molecule has 27 heavy (non-hydrogen) atoms. The summed E-state index contributed by atoms with van der Waals surface area (Å²) in [7, 11) is 0. The third-order valence-corrected chi connectivity index (χ3v) is 4.08. The lowest BCUT2D eigenvalue weighted by molar-refractivity contribution is -0.116. The Morgan fingerprint density at radius 1 is 1.00 bits per heavy atom. The summed E-state index contributed by atoms with van der Waals surface area (Å²) in [5.41, 5.74) is 2.26. The molecule has 0 aliphatic rings. The van der Waals surface area contributed by atoms with Gasteiger partial charge in [0.15, 0.2) is 0 Å². The second-order valence-electron chi connectivity index (χ2n) is 5.98. The number of carbonyl (C=O) groups is 3. The lowest BCUT2D eigenvalue weighted by atomic mass is 10.1. The summed E-state index contributed by atoms with van der Waals surface area (Å²) in [6.07, 6.45) is 0. The SMILES string of the molecule is CCOC(=O)c1ccccc1N(CCNC(=O)c1ccccc1C)C(C)=O. The van der Waals surface area contributed by atoms with Crippen molar-refractivity contribution < 1.29 is 19.1 Å². The first-order valence-corrected chi connectivity index (χ1v) is 8.83. The van der Waals surface area contributed by atoms with E-state index in [1.807, 2.05) is 19.1 Å². The van der Waals surface area contributed by atoms with Gasteiger partial charge in [-0.15, -0.1) is 0 Å². The van der Waals surface area contributed by atoms with E-state index in [1.165, 1.54) is 11.8 Å². The van der Waals surface area contributed by atoms with Gasteiger partial charge in [-0.25, -0.2) is 4.79 Å². The summed E-state index contributed by atoms with van der Waals surface area (Å²) in [6, 6.07) is 14.1. The summed E-state index contributed by atoms with van der Waals surface area (Å²) in [6.45, 7) is 5.76. The number of benzene rings is 2. The van der Waals surface area contributed by atoms with Crippen LogP contribution in [0.25, 0.3) is 0 Å². The van der Waals surface area contributed by atoms with Crippen LogP contribution in [-0.4, -0.2) is 37.5 Å². The molecule has 0 heterocycles. The normalized spacial score (nSPS) is 10.2. The van der Waals surface area contributed by atoms with Crippen LogP contribution < -0.4 is 10.2 Å². The highest BCUT2D eigenvalue weighted by Gasteiger charge is 2.20. The zero-order valence-electron chi connectivity index (χ0n) is 15.8. The number of nitrogens with zero attached hydrogens (tertiary/aromatic N) is 1. The summed E-state index contributed by atoms with van der Waals surface area (Å²) in [4.78, 5) is 38.1. The second-order valence-corrected chi connectivity index (χ2v) is 5.98. The van der Waals surface area contributed by atoms with E-state index in [2.05, 4.69) is 5.32 Å². The predicted molar refractivity (Wildman–Crippen MR) is 104 cm³/mol. The molecule has 0 saturated heterocycles. The van der Waals surface area contributed by atoms with Gasteiger partial charge in [-0.3, -0.25) is 9.59 Å². The van der Waals surface area contributed by atoms with Crippen molar-refractivity contribution in [1.82, 2.24) is 5.32 Å². The molecule has 142 valence electrons. The smallest absolute Gasteiger partial charge is 0.340 e. The molecular formula is C21H24N2O4. The van der Waals surface area contributed by atoms with E-state index in [0.29, 0.717) is 16.8 Å². The van der Waals surface area contributed by atoms with Crippen molar-refractivity contribution in [3.05, 3.63) is 65.2 Å². The van der Waals surface area contributed by atoms with Gasteiger partial charge in [0, 0.05) is 25.6 Å². The number of ether oxygens (including phenoxy) is 1. The molecule has 2 aromatic carbocycles. The number of rotatable bonds is 7. The molecule has 2 amide bonds. The molecule has 0 saturated carbocycles. The highest BCUT2D eigenvalue weighted by Crippen LogP contribution is 2.21. The summed E-state index contributed by atoms with van der Waals surface area (Å²) in [5, 5.41) is 2.82. The first-order chi connectivity index (χ1) is 13.0. The molecular weight excluding hydrogens is 344 g/mol. The Morgan fingerprint density at radius 2 is 1.63 bits per heavy atom. The van der Waals surface area contributed by atoms with Crippen LogP contribution in [0.1, 0.15) is 40.1 Å². The van der Waals surface area contributed by atoms with Crippen LogP contribution >= 0.6 is 0 Å². The van der Waals surface area contributed by atoms with Gasteiger partial charge in [0.05, 0.1) is 17.9 Å². The zero-order chi connectivity index (χ0) is 19.8. The Morgan fingerprint density at radius 3 is 2.26 bits per heavy atom. The molecule has 6 nitrogen and oxygen atoms in total. The van der Waals surface area contributed by atoms with Gasteiger partial charge in [0.2, 0.25) is 5.91 Å². The summed E-state index contributed by atoms with van der Waals surface area (Å²) >= 11 is 0. The molecule has 0 unspecified atom stereocenters. The fourth-order valence-electron chi connectivity index (χ4n) is 2.74. The maximum absolute atomic E-state index is 12.3. The van der Waals surface area contributed by atoms with Gasteiger partial charge in [0.1, 0.15) is 0 Å². The Hall–Kier alpha value is -3.15. The fourth-order valence-corrected chi connectivity index (χ4v) is 2.74. The molecule has 6 heteroatoms. The van der Waals surface area contributed by atoms with Crippen molar-refractivity contribution in [2.75, 3.05) is 24.6 Å². The largest absolute Gasteiger partial charge is 0.462 e. The molecule has 0 aliphatic carbocycles. The van der Waals surface area contributed by atoms with E-state index < -0.39 is 5.97 Å². The van der Waals surface area contributed by atoms with E-state index in [-0.39, 0.29) is 31.5 Å². The molecule has 2 rings (SSSR count). The van der Waals surface area contributed by atoms with Gasteiger partial charge in [0.25, 0.3) is 5.91 Å². The fraction of sp³-hybridized carbons (Fsp3) is 0.286. The third-order valence-electron chi connectivity index (χ3n) is 4.08. The van der Waals surface area contributed by atoms with Crippen LogP contribution in [0.15, 0.2) is 48.5 Å². The van der Waals surface area contributed by atoms with Gasteiger partial charge in [-0.2, -0.15) is 0 Å². The summed E-state index contributed by atoms with van der Waals surface area (Å²) in [5.74, 6) is -0.907. The summed E-state index contributed by atoms with van der Waals surface area (Å²) < 4.78 is 5.07. The maximum Gasteiger partial charge on any atom is 0.340 e. The number of hydrogen-bond acceptors (Lipinski definition) is 4. The van der Waals surface area contributed by atoms with Gasteiger partial charge in [-0.05, 0) is 37.6 Å². The number of anilines is 1. The van der Waals surface area contributed by atoms with Crippen molar-refractivity contribution in [2.45, 2.75) is 20.8 Å². The van der Waals surface area contributed by atoms with Crippen molar-refractivity contribution in [3.63, 3.8) is 0 Å². The molecule has 2 aromatic rings. The van der Waals surface area contributed by atoms with Crippen molar-refractivity contribution in [2.24, 2.45) is 0 Å². The molecule has 0 aromatic heterocycles. The molecule has 0 atom stereocenters. The number of hydrogen-bond donors (Lipinski definition) is 1. The van der Waals surface area contributed by atoms with Crippen molar-refractivity contribution >= 4 is 23.5 Å². The molecule has 0 aliphatic heterocycles. The van der Waals surface area contributed by atoms with Gasteiger partial charge in [-0.1, -0.05) is 30.3 Å². The van der Waals surface area contributed by atoms with E-state index >= 15 is 0 Å². The average Bonchev–Trinajstić information content (AvgIpc) is 2.65. The van der Waals surface area contributed by atoms with E-state index in [0.717, 1.165) is 5.56 Å². The zero-order valence-corrected chi connectivity index (χ0v) is 15.8. The Labute approximate surface area is 159 Å². The first-order valence-electron chi connectivity index (χ1n) is 8.83. The first kappa shape index (κ1) is 20.2. The van der Waals surface area contributed by atoms with Crippen LogP contribution in [-0.2, 0) is 9.53 Å². The number of nitrogens with one attached hydrogen (secondary N) is 1. The quantitative estimate of drug-likeness (QED) is 0.763. The monoisotopic (exact) mass is 368 g/mol. The number of carbonyl (C=O) groups excluding carboxylic acids is 3. The number of para-hydroxylation sites is 1. The Bertz CT molecular complexity index is 832. The molecule has 0 bridgehead atoms. The molecule has 0 radical (unpaired) electrons. The van der Waals surface area contributed by atoms with Crippen LogP contribution in [0, 0.1) is 6.92 Å². The average molecular weight is 368 g/mol. The maximum atomic E-state index is 12.3. The second kappa shape index (κ2) is 9.52. The number of esters is 1. The highest BCUT2D eigenvalue weighted by molar-refractivity contribution is 6.02. The van der Waals surface area contributed by atoms with Crippen LogP contribution in [0.4, 0.5) is 5.69 Å². The van der Waals surface area contributed by atoms with E-state index in [1.54, 1.807) is 43.3 Å². The third kappa shape index (κ3) is 5.17. The van der Waals surface area contributed by atoms with Gasteiger partial charge < -0.3 is 15.0 Å². The van der Waals surface area contributed by atoms with Crippen molar-refractivity contribution in [3.8, 4) is 0 Å². The molecule has 1 N–H and O–H groups in total. The lowest BCUT2D eigenvalue weighted by Crippen LogP contribution is -2.38.